The summed E-state index contributed by atoms with van der Waals surface area (Å²) in [5.74, 6) is -0.0505. The van der Waals surface area contributed by atoms with Gasteiger partial charge in [-0.05, 0) is 29.8 Å². The Kier molecular flexibility index (Phi) is 4.62. The maximum atomic E-state index is 13.4. The summed E-state index contributed by atoms with van der Waals surface area (Å²) < 4.78 is 19.9. The molecule has 0 radical (unpaired) electrons. The second-order valence-corrected chi connectivity index (χ2v) is 5.56. The van der Waals surface area contributed by atoms with Gasteiger partial charge in [0.25, 0.3) is 5.56 Å². The first kappa shape index (κ1) is 16.2. The van der Waals surface area contributed by atoms with Crippen LogP contribution in [0.15, 0.2) is 59.4 Å². The van der Waals surface area contributed by atoms with Gasteiger partial charge in [0.05, 0.1) is 19.3 Å². The Balaban J connectivity index is 2.04. The minimum Gasteiger partial charge on any atom is -0.496 e. The molecule has 2 aromatic carbocycles. The van der Waals surface area contributed by atoms with Crippen LogP contribution in [0.1, 0.15) is 5.56 Å². The van der Waals surface area contributed by atoms with E-state index in [2.05, 4.69) is 5.10 Å². The van der Waals surface area contributed by atoms with Gasteiger partial charge in [0.2, 0.25) is 0 Å². The maximum absolute atomic E-state index is 13.4. The molecule has 0 fully saturated rings. The zero-order valence-corrected chi connectivity index (χ0v) is 13.6. The van der Waals surface area contributed by atoms with Crippen LogP contribution in [-0.4, -0.2) is 16.9 Å². The number of halogens is 2. The summed E-state index contributed by atoms with van der Waals surface area (Å²) in [4.78, 5) is 12.1. The quantitative estimate of drug-likeness (QED) is 0.724. The van der Waals surface area contributed by atoms with Crippen molar-refractivity contribution in [3.8, 4) is 17.0 Å². The lowest BCUT2D eigenvalue weighted by molar-refractivity contribution is 0.412. The molecule has 0 amide bonds. The van der Waals surface area contributed by atoms with Gasteiger partial charge in [-0.25, -0.2) is 9.07 Å². The molecule has 0 saturated carbocycles. The van der Waals surface area contributed by atoms with Gasteiger partial charge in [0.15, 0.2) is 0 Å². The van der Waals surface area contributed by atoms with E-state index in [-0.39, 0.29) is 12.1 Å². The second-order valence-electron chi connectivity index (χ2n) is 5.15. The predicted molar refractivity (Wildman–Crippen MR) is 91.0 cm³/mol. The molecule has 0 bridgehead atoms. The third-order valence-corrected chi connectivity index (χ3v) is 3.95. The molecule has 1 heterocycles. The van der Waals surface area contributed by atoms with Crippen LogP contribution in [0.4, 0.5) is 4.39 Å². The number of nitrogens with zero attached hydrogens (tertiary/aromatic N) is 2. The first-order chi connectivity index (χ1) is 11.6. The Hall–Kier alpha value is -2.66. The van der Waals surface area contributed by atoms with Crippen molar-refractivity contribution in [2.75, 3.05) is 7.11 Å². The fourth-order valence-corrected chi connectivity index (χ4v) is 2.57. The average molecular weight is 345 g/mol. The first-order valence-electron chi connectivity index (χ1n) is 7.24. The van der Waals surface area contributed by atoms with E-state index in [1.165, 1.54) is 30.0 Å². The molecular weight excluding hydrogens is 331 g/mol. The summed E-state index contributed by atoms with van der Waals surface area (Å²) in [6.07, 6.45) is 0. The largest absolute Gasteiger partial charge is 0.496 e. The standard InChI is InChI=1S/C18H14ClFN2O2/c1-24-17-10-13(20)6-7-14(17)16-8-9-18(23)22(21-16)11-12-4-2-3-5-15(12)19/h2-10H,11H2,1H3. The molecule has 1 aromatic heterocycles. The molecule has 3 aromatic rings. The normalized spacial score (nSPS) is 10.6. The molecular formula is C18H14ClFN2O2. The molecule has 0 aliphatic heterocycles. The molecule has 4 nitrogen and oxygen atoms in total. The summed E-state index contributed by atoms with van der Waals surface area (Å²) in [5, 5.41) is 4.93. The number of methoxy groups -OCH3 is 1. The highest BCUT2D eigenvalue weighted by Crippen LogP contribution is 2.28. The lowest BCUT2D eigenvalue weighted by Crippen LogP contribution is -2.23. The minimum absolute atomic E-state index is 0.246. The van der Waals surface area contributed by atoms with Crippen molar-refractivity contribution in [1.82, 2.24) is 9.78 Å². The third kappa shape index (κ3) is 3.31. The van der Waals surface area contributed by atoms with Crippen molar-refractivity contribution in [3.63, 3.8) is 0 Å². The Morgan fingerprint density at radius 2 is 1.96 bits per heavy atom. The Labute approximate surface area is 143 Å². The molecule has 24 heavy (non-hydrogen) atoms. The van der Waals surface area contributed by atoms with Crippen LogP contribution < -0.4 is 10.3 Å². The minimum atomic E-state index is -0.403. The van der Waals surface area contributed by atoms with Gasteiger partial charge >= 0.3 is 0 Å². The number of benzene rings is 2. The van der Waals surface area contributed by atoms with Crippen LogP contribution in [0.2, 0.25) is 5.02 Å². The van der Waals surface area contributed by atoms with Gasteiger partial charge in [-0.3, -0.25) is 4.79 Å². The lowest BCUT2D eigenvalue weighted by Gasteiger charge is -2.11. The first-order valence-corrected chi connectivity index (χ1v) is 7.62. The van der Waals surface area contributed by atoms with E-state index in [0.717, 1.165) is 5.56 Å². The summed E-state index contributed by atoms with van der Waals surface area (Å²) in [7, 11) is 1.46. The Morgan fingerprint density at radius 3 is 2.71 bits per heavy atom. The third-order valence-electron chi connectivity index (χ3n) is 3.58. The SMILES string of the molecule is COc1cc(F)ccc1-c1ccc(=O)n(Cc2ccccc2Cl)n1. The fraction of sp³-hybridized carbons (Fsp3) is 0.111. The van der Waals surface area contributed by atoms with E-state index in [9.17, 15) is 9.18 Å². The molecule has 0 saturated heterocycles. The molecule has 3 rings (SSSR count). The molecule has 0 spiro atoms. The number of hydrogen-bond acceptors (Lipinski definition) is 3. The molecule has 0 N–H and O–H groups in total. The van der Waals surface area contributed by atoms with Gasteiger partial charge in [-0.2, -0.15) is 5.10 Å². The predicted octanol–water partition coefficient (Wildman–Crippen LogP) is 3.76. The second kappa shape index (κ2) is 6.84. The fourth-order valence-electron chi connectivity index (χ4n) is 2.37. The lowest BCUT2D eigenvalue weighted by atomic mass is 10.1. The monoisotopic (exact) mass is 344 g/mol. The van der Waals surface area contributed by atoms with Gasteiger partial charge in [-0.1, -0.05) is 29.8 Å². The molecule has 6 heteroatoms. The van der Waals surface area contributed by atoms with E-state index < -0.39 is 5.82 Å². The number of ether oxygens (including phenoxy) is 1. The van der Waals surface area contributed by atoms with E-state index >= 15 is 0 Å². The van der Waals surface area contributed by atoms with E-state index in [1.54, 1.807) is 18.2 Å². The zero-order chi connectivity index (χ0) is 17.1. The zero-order valence-electron chi connectivity index (χ0n) is 12.9. The summed E-state index contributed by atoms with van der Waals surface area (Å²) >= 11 is 6.14. The Morgan fingerprint density at radius 1 is 1.17 bits per heavy atom. The van der Waals surface area contributed by atoms with E-state index in [0.29, 0.717) is 22.0 Å². The number of aromatic nitrogens is 2. The van der Waals surface area contributed by atoms with Crippen molar-refractivity contribution >= 4 is 11.6 Å². The highest BCUT2D eigenvalue weighted by Gasteiger charge is 2.11. The van der Waals surface area contributed by atoms with Crippen molar-refractivity contribution in [1.29, 1.82) is 0 Å². The van der Waals surface area contributed by atoms with Crippen molar-refractivity contribution in [2.24, 2.45) is 0 Å². The number of rotatable bonds is 4. The molecule has 0 unspecified atom stereocenters. The highest BCUT2D eigenvalue weighted by atomic mass is 35.5. The van der Waals surface area contributed by atoms with E-state index in [4.69, 9.17) is 16.3 Å². The van der Waals surface area contributed by atoms with Crippen molar-refractivity contribution in [2.45, 2.75) is 6.54 Å². The van der Waals surface area contributed by atoms with E-state index in [1.807, 2.05) is 18.2 Å². The van der Waals surface area contributed by atoms with Gasteiger partial charge in [0, 0.05) is 22.7 Å². The van der Waals surface area contributed by atoms with Gasteiger partial charge in [0.1, 0.15) is 11.6 Å². The van der Waals surface area contributed by atoms with Gasteiger partial charge < -0.3 is 4.74 Å². The molecule has 0 aliphatic carbocycles. The maximum Gasteiger partial charge on any atom is 0.267 e. The topological polar surface area (TPSA) is 44.1 Å². The van der Waals surface area contributed by atoms with Crippen molar-refractivity contribution in [3.05, 3.63) is 81.4 Å². The van der Waals surface area contributed by atoms with Crippen LogP contribution in [0.25, 0.3) is 11.3 Å². The molecule has 0 atom stereocenters. The van der Waals surface area contributed by atoms with Crippen LogP contribution in [0.3, 0.4) is 0 Å². The van der Waals surface area contributed by atoms with Crippen molar-refractivity contribution < 1.29 is 9.13 Å². The molecule has 122 valence electrons. The summed E-state index contributed by atoms with van der Waals surface area (Å²) in [5.41, 5.74) is 1.65. The summed E-state index contributed by atoms with van der Waals surface area (Å²) in [6.45, 7) is 0.246. The molecule has 0 aliphatic rings. The average Bonchev–Trinajstić information content (AvgIpc) is 2.59. The van der Waals surface area contributed by atoms with Gasteiger partial charge in [-0.15, -0.1) is 0 Å². The highest BCUT2D eigenvalue weighted by molar-refractivity contribution is 6.31. The van der Waals surface area contributed by atoms with Crippen LogP contribution in [0.5, 0.6) is 5.75 Å². The Bertz CT molecular complexity index is 940. The van der Waals surface area contributed by atoms with Crippen LogP contribution in [0, 0.1) is 5.82 Å². The smallest absolute Gasteiger partial charge is 0.267 e. The summed E-state index contributed by atoms with van der Waals surface area (Å²) in [6, 6.07) is 14.4. The van der Waals surface area contributed by atoms with Crippen LogP contribution >= 0.6 is 11.6 Å². The van der Waals surface area contributed by atoms with Crippen LogP contribution in [-0.2, 0) is 6.54 Å². The number of hydrogen-bond donors (Lipinski definition) is 0.